The summed E-state index contributed by atoms with van der Waals surface area (Å²) < 4.78 is 15.1. The molecular weight excluding hydrogens is 417 g/mol. The Labute approximate surface area is 184 Å². The molecule has 3 aromatic rings. The second kappa shape index (κ2) is 9.74. The number of carbonyl (C=O) groups is 2. The van der Waals surface area contributed by atoms with Crippen LogP contribution < -0.4 is 10.6 Å². The van der Waals surface area contributed by atoms with Crippen LogP contribution in [0.4, 0.5) is 10.1 Å². The molecule has 1 atom stereocenters. The maximum absolute atomic E-state index is 13.4. The van der Waals surface area contributed by atoms with Gasteiger partial charge in [0.25, 0.3) is 5.91 Å². The molecular formula is C22H24FN5O2S. The van der Waals surface area contributed by atoms with Gasteiger partial charge in [-0.1, -0.05) is 35.5 Å². The van der Waals surface area contributed by atoms with E-state index in [2.05, 4.69) is 20.8 Å². The summed E-state index contributed by atoms with van der Waals surface area (Å²) in [6.45, 7) is 5.58. The Morgan fingerprint density at radius 1 is 1.13 bits per heavy atom. The minimum Gasteiger partial charge on any atom is -0.342 e. The van der Waals surface area contributed by atoms with E-state index in [0.717, 1.165) is 11.1 Å². The molecule has 0 bridgehead atoms. The zero-order valence-corrected chi connectivity index (χ0v) is 18.6. The van der Waals surface area contributed by atoms with Gasteiger partial charge in [-0.3, -0.25) is 9.59 Å². The smallest absolute Gasteiger partial charge is 0.251 e. The molecule has 0 saturated heterocycles. The first-order valence-electron chi connectivity index (χ1n) is 9.70. The van der Waals surface area contributed by atoms with E-state index in [0.29, 0.717) is 22.2 Å². The van der Waals surface area contributed by atoms with Crippen molar-refractivity contribution in [1.29, 1.82) is 0 Å². The minimum absolute atomic E-state index is 0.0893. The largest absolute Gasteiger partial charge is 0.342 e. The molecule has 2 amide bonds. The summed E-state index contributed by atoms with van der Waals surface area (Å²) in [4.78, 5) is 24.7. The van der Waals surface area contributed by atoms with Crippen molar-refractivity contribution in [1.82, 2.24) is 20.1 Å². The number of rotatable bonds is 7. The van der Waals surface area contributed by atoms with E-state index in [-0.39, 0.29) is 23.6 Å². The van der Waals surface area contributed by atoms with Gasteiger partial charge in [-0.15, -0.1) is 10.2 Å². The standard InChI is InChI=1S/C22H24FN5O2S/c1-13-5-8-16(9-6-13)21(30)24-15(3)20-26-27-22(28(20)4)31-12-19(29)25-18-11-17(23)10-7-14(18)2/h5-11,15H,12H2,1-4H3,(H,24,30)(H,25,29)/t15-/m0/s1. The fraction of sp³-hybridized carbons (Fsp3) is 0.273. The van der Waals surface area contributed by atoms with Gasteiger partial charge in [0.05, 0.1) is 11.8 Å². The Morgan fingerprint density at radius 2 is 1.84 bits per heavy atom. The van der Waals surface area contributed by atoms with E-state index in [1.165, 1.54) is 23.9 Å². The Morgan fingerprint density at radius 3 is 2.55 bits per heavy atom. The first-order valence-corrected chi connectivity index (χ1v) is 10.7. The maximum Gasteiger partial charge on any atom is 0.251 e. The third-order valence-electron chi connectivity index (χ3n) is 4.72. The number of halogens is 1. The van der Waals surface area contributed by atoms with Crippen LogP contribution in [0.1, 0.15) is 40.3 Å². The van der Waals surface area contributed by atoms with Crippen molar-refractivity contribution in [2.45, 2.75) is 32.0 Å². The summed E-state index contributed by atoms with van der Waals surface area (Å²) >= 11 is 1.21. The van der Waals surface area contributed by atoms with Crippen LogP contribution >= 0.6 is 11.8 Å². The van der Waals surface area contributed by atoms with Crippen molar-refractivity contribution < 1.29 is 14.0 Å². The molecule has 3 rings (SSSR count). The highest BCUT2D eigenvalue weighted by Crippen LogP contribution is 2.21. The third kappa shape index (κ3) is 5.69. The van der Waals surface area contributed by atoms with Gasteiger partial charge >= 0.3 is 0 Å². The molecule has 9 heteroatoms. The summed E-state index contributed by atoms with van der Waals surface area (Å²) in [6, 6.07) is 11.2. The van der Waals surface area contributed by atoms with Crippen LogP contribution in [0.5, 0.6) is 0 Å². The number of hydrogen-bond acceptors (Lipinski definition) is 5. The van der Waals surface area contributed by atoms with Crippen LogP contribution in [0.15, 0.2) is 47.6 Å². The molecule has 0 aliphatic carbocycles. The summed E-state index contributed by atoms with van der Waals surface area (Å²) in [5.41, 5.74) is 2.87. The average Bonchev–Trinajstić information content (AvgIpc) is 3.10. The number of nitrogens with zero attached hydrogens (tertiary/aromatic N) is 3. The quantitative estimate of drug-likeness (QED) is 0.545. The summed E-state index contributed by atoms with van der Waals surface area (Å²) in [5.74, 6) is -0.220. The second-order valence-electron chi connectivity index (χ2n) is 7.26. The number of anilines is 1. The lowest BCUT2D eigenvalue weighted by Gasteiger charge is -2.14. The molecule has 0 saturated carbocycles. The van der Waals surface area contributed by atoms with E-state index in [9.17, 15) is 14.0 Å². The molecule has 2 N–H and O–H groups in total. The molecule has 31 heavy (non-hydrogen) atoms. The van der Waals surface area contributed by atoms with Crippen molar-refractivity contribution in [3.63, 3.8) is 0 Å². The van der Waals surface area contributed by atoms with E-state index >= 15 is 0 Å². The SMILES string of the molecule is Cc1ccc(C(=O)N[C@@H](C)c2nnc(SCC(=O)Nc3cc(F)ccc3C)n2C)cc1. The monoisotopic (exact) mass is 441 g/mol. The van der Waals surface area contributed by atoms with Gasteiger partial charge in [0.2, 0.25) is 5.91 Å². The molecule has 0 aliphatic rings. The molecule has 162 valence electrons. The van der Waals surface area contributed by atoms with Gasteiger partial charge < -0.3 is 15.2 Å². The lowest BCUT2D eigenvalue weighted by Crippen LogP contribution is -2.28. The fourth-order valence-electron chi connectivity index (χ4n) is 2.92. The highest BCUT2D eigenvalue weighted by atomic mass is 32.2. The molecule has 2 aromatic carbocycles. The number of carbonyl (C=O) groups excluding carboxylic acids is 2. The lowest BCUT2D eigenvalue weighted by atomic mass is 10.1. The van der Waals surface area contributed by atoms with Crippen molar-refractivity contribution in [3.8, 4) is 0 Å². The molecule has 1 heterocycles. The summed E-state index contributed by atoms with van der Waals surface area (Å²) in [7, 11) is 1.78. The van der Waals surface area contributed by atoms with Crippen LogP contribution in [0.3, 0.4) is 0 Å². The first kappa shape index (κ1) is 22.5. The van der Waals surface area contributed by atoms with Crippen LogP contribution in [-0.2, 0) is 11.8 Å². The van der Waals surface area contributed by atoms with Crippen LogP contribution in [0.25, 0.3) is 0 Å². The van der Waals surface area contributed by atoms with Crippen molar-refractivity contribution in [2.24, 2.45) is 7.05 Å². The predicted octanol–water partition coefficient (Wildman–Crippen LogP) is 3.79. The normalized spacial score (nSPS) is 11.8. The van der Waals surface area contributed by atoms with E-state index in [1.807, 2.05) is 26.0 Å². The number of aromatic nitrogens is 3. The highest BCUT2D eigenvalue weighted by molar-refractivity contribution is 7.99. The summed E-state index contributed by atoms with van der Waals surface area (Å²) in [5, 5.41) is 14.4. The number of benzene rings is 2. The van der Waals surface area contributed by atoms with Gasteiger partial charge in [-0.2, -0.15) is 0 Å². The lowest BCUT2D eigenvalue weighted by molar-refractivity contribution is -0.113. The van der Waals surface area contributed by atoms with Crippen LogP contribution in [0, 0.1) is 19.7 Å². The molecule has 0 spiro atoms. The molecule has 0 unspecified atom stereocenters. The number of nitrogens with one attached hydrogen (secondary N) is 2. The van der Waals surface area contributed by atoms with Gasteiger partial charge in [0, 0.05) is 18.3 Å². The number of hydrogen-bond donors (Lipinski definition) is 2. The van der Waals surface area contributed by atoms with E-state index in [1.54, 1.807) is 36.7 Å². The van der Waals surface area contributed by atoms with Crippen molar-refractivity contribution in [3.05, 3.63) is 70.8 Å². The Balaban J connectivity index is 1.59. The average molecular weight is 442 g/mol. The molecule has 0 fully saturated rings. The van der Waals surface area contributed by atoms with Gasteiger partial charge in [0.1, 0.15) is 5.82 Å². The predicted molar refractivity (Wildman–Crippen MR) is 119 cm³/mol. The number of thioether (sulfide) groups is 1. The van der Waals surface area contributed by atoms with E-state index in [4.69, 9.17) is 0 Å². The molecule has 0 radical (unpaired) electrons. The maximum atomic E-state index is 13.4. The van der Waals surface area contributed by atoms with Crippen LogP contribution in [0.2, 0.25) is 0 Å². The molecule has 1 aromatic heterocycles. The Kier molecular flexibility index (Phi) is 7.06. The van der Waals surface area contributed by atoms with Gasteiger partial charge in [-0.05, 0) is 50.6 Å². The van der Waals surface area contributed by atoms with E-state index < -0.39 is 5.82 Å². The topological polar surface area (TPSA) is 88.9 Å². The van der Waals surface area contributed by atoms with Crippen molar-refractivity contribution in [2.75, 3.05) is 11.1 Å². The summed E-state index contributed by atoms with van der Waals surface area (Å²) in [6.07, 6.45) is 0. The second-order valence-corrected chi connectivity index (χ2v) is 8.20. The Hall–Kier alpha value is -3.20. The zero-order chi connectivity index (χ0) is 22.5. The van der Waals surface area contributed by atoms with Gasteiger partial charge in [0.15, 0.2) is 11.0 Å². The molecule has 7 nitrogen and oxygen atoms in total. The Bertz CT molecular complexity index is 1100. The van der Waals surface area contributed by atoms with Crippen molar-refractivity contribution >= 4 is 29.3 Å². The van der Waals surface area contributed by atoms with Gasteiger partial charge in [-0.25, -0.2) is 4.39 Å². The fourth-order valence-corrected chi connectivity index (χ4v) is 3.64. The minimum atomic E-state index is -0.409. The van der Waals surface area contributed by atoms with Crippen LogP contribution in [-0.4, -0.2) is 32.3 Å². The zero-order valence-electron chi connectivity index (χ0n) is 17.8. The highest BCUT2D eigenvalue weighted by Gasteiger charge is 2.19. The number of aryl methyl sites for hydroxylation is 2. The third-order valence-corrected chi connectivity index (χ3v) is 5.74. The first-order chi connectivity index (χ1) is 14.7. The molecule has 0 aliphatic heterocycles. The number of amides is 2.